The molecule has 1 N–H and O–H groups in total. The maximum absolute atomic E-state index is 12.3. The highest BCUT2D eigenvalue weighted by molar-refractivity contribution is 7.92. The van der Waals surface area contributed by atoms with Gasteiger partial charge in [-0.2, -0.15) is 0 Å². The van der Waals surface area contributed by atoms with Crippen LogP contribution in [0.25, 0.3) is 0 Å². The second kappa shape index (κ2) is 11.2. The fraction of sp³-hybridized carbons (Fsp3) is 0.632. The van der Waals surface area contributed by atoms with Gasteiger partial charge in [-0.25, -0.2) is 8.42 Å². The summed E-state index contributed by atoms with van der Waals surface area (Å²) in [5, 5.41) is 2.90. The van der Waals surface area contributed by atoms with E-state index >= 15 is 0 Å². The van der Waals surface area contributed by atoms with E-state index < -0.39 is 10.0 Å². The molecule has 0 saturated carbocycles. The van der Waals surface area contributed by atoms with E-state index in [1.165, 1.54) is 4.31 Å². The molecule has 2 rings (SSSR count). The fourth-order valence-electron chi connectivity index (χ4n) is 3.06. The number of amides is 1. The molecule has 1 fully saturated rings. The van der Waals surface area contributed by atoms with Gasteiger partial charge in [-0.3, -0.25) is 14.0 Å². The number of nitrogens with one attached hydrogen (secondary N) is 1. The zero-order valence-corrected chi connectivity index (χ0v) is 17.5. The van der Waals surface area contributed by atoms with Crippen molar-refractivity contribution in [3.8, 4) is 5.75 Å². The van der Waals surface area contributed by atoms with Gasteiger partial charge in [0.05, 0.1) is 31.8 Å². The first kappa shape index (κ1) is 22.4. The average Bonchev–Trinajstić information content (AvgIpc) is 2.66. The van der Waals surface area contributed by atoms with Crippen molar-refractivity contribution < 1.29 is 22.7 Å². The highest BCUT2D eigenvalue weighted by atomic mass is 32.2. The van der Waals surface area contributed by atoms with Gasteiger partial charge in [0.15, 0.2) is 0 Å². The Hall–Kier alpha value is -1.84. The number of benzene rings is 1. The summed E-state index contributed by atoms with van der Waals surface area (Å²) in [6, 6.07) is 7.04. The van der Waals surface area contributed by atoms with Crippen LogP contribution in [0.1, 0.15) is 19.8 Å². The summed E-state index contributed by atoms with van der Waals surface area (Å²) in [7, 11) is -3.49. The number of nitrogens with zero attached hydrogens (tertiary/aromatic N) is 2. The van der Waals surface area contributed by atoms with Crippen molar-refractivity contribution in [2.24, 2.45) is 0 Å². The molecule has 1 aromatic carbocycles. The van der Waals surface area contributed by atoms with Gasteiger partial charge < -0.3 is 14.8 Å². The monoisotopic (exact) mass is 413 g/mol. The zero-order chi connectivity index (χ0) is 20.4. The highest BCUT2D eigenvalue weighted by Crippen LogP contribution is 2.30. The number of hydrogen-bond donors (Lipinski definition) is 1. The van der Waals surface area contributed by atoms with Gasteiger partial charge in [-0.1, -0.05) is 12.1 Å². The molecule has 0 atom stereocenters. The van der Waals surface area contributed by atoms with Crippen molar-refractivity contribution in [2.45, 2.75) is 19.8 Å². The van der Waals surface area contributed by atoms with E-state index in [1.54, 1.807) is 24.3 Å². The molecule has 0 radical (unpaired) electrons. The van der Waals surface area contributed by atoms with Crippen LogP contribution < -0.4 is 14.4 Å². The van der Waals surface area contributed by atoms with Crippen LogP contribution in [0.15, 0.2) is 24.3 Å². The first-order valence-electron chi connectivity index (χ1n) is 9.68. The molecule has 1 aromatic rings. The van der Waals surface area contributed by atoms with Crippen LogP contribution in [0, 0.1) is 0 Å². The third kappa shape index (κ3) is 7.29. The lowest BCUT2D eigenvalue weighted by Gasteiger charge is -2.26. The predicted octanol–water partition coefficient (Wildman–Crippen LogP) is 1.08. The van der Waals surface area contributed by atoms with Gasteiger partial charge in [-0.05, 0) is 25.5 Å². The number of rotatable bonds is 11. The van der Waals surface area contributed by atoms with Crippen LogP contribution in [-0.4, -0.2) is 78.0 Å². The number of para-hydroxylation sites is 2. The van der Waals surface area contributed by atoms with Crippen molar-refractivity contribution in [2.75, 3.05) is 63.1 Å². The third-order valence-electron chi connectivity index (χ3n) is 4.45. The molecule has 8 nitrogen and oxygen atoms in total. The average molecular weight is 414 g/mol. The van der Waals surface area contributed by atoms with E-state index in [4.69, 9.17) is 9.47 Å². The Balaban J connectivity index is 1.83. The molecule has 0 bridgehead atoms. The van der Waals surface area contributed by atoms with E-state index in [-0.39, 0.29) is 18.9 Å². The molecule has 0 unspecified atom stereocenters. The molecule has 1 heterocycles. The standard InChI is InChI=1S/C19H31N3O5S/c1-3-27-18-8-5-4-7-17(18)22(28(2,24)25)11-6-9-19(23)20-10-12-21-13-15-26-16-14-21/h4-5,7-8H,3,6,9-16H2,1-2H3,(H,20,23). The molecule has 28 heavy (non-hydrogen) atoms. The molecule has 0 aliphatic carbocycles. The zero-order valence-electron chi connectivity index (χ0n) is 16.7. The quantitative estimate of drug-likeness (QED) is 0.584. The van der Waals surface area contributed by atoms with Crippen molar-refractivity contribution in [3.63, 3.8) is 0 Å². The minimum absolute atomic E-state index is 0.0696. The van der Waals surface area contributed by atoms with Crippen LogP contribution in [0.2, 0.25) is 0 Å². The van der Waals surface area contributed by atoms with Gasteiger partial charge in [0, 0.05) is 39.1 Å². The van der Waals surface area contributed by atoms with Crippen LogP contribution in [0.3, 0.4) is 0 Å². The predicted molar refractivity (Wildman–Crippen MR) is 109 cm³/mol. The Morgan fingerprint density at radius 3 is 2.68 bits per heavy atom. The van der Waals surface area contributed by atoms with E-state index in [2.05, 4.69) is 10.2 Å². The first-order valence-corrected chi connectivity index (χ1v) is 11.5. The minimum Gasteiger partial charge on any atom is -0.492 e. The normalized spacial score (nSPS) is 15.2. The minimum atomic E-state index is -3.49. The van der Waals surface area contributed by atoms with Gasteiger partial charge in [0.25, 0.3) is 0 Å². The van der Waals surface area contributed by atoms with E-state index in [0.717, 1.165) is 39.1 Å². The maximum atomic E-state index is 12.3. The summed E-state index contributed by atoms with van der Waals surface area (Å²) in [6.45, 7) is 7.14. The summed E-state index contributed by atoms with van der Waals surface area (Å²) in [5.74, 6) is 0.449. The first-order chi connectivity index (χ1) is 13.4. The van der Waals surface area contributed by atoms with Crippen LogP contribution in [-0.2, 0) is 19.6 Å². The topological polar surface area (TPSA) is 88.2 Å². The molecule has 158 valence electrons. The molecule has 1 saturated heterocycles. The van der Waals surface area contributed by atoms with E-state index in [0.29, 0.717) is 31.0 Å². The smallest absolute Gasteiger partial charge is 0.232 e. The summed E-state index contributed by atoms with van der Waals surface area (Å²) in [5.41, 5.74) is 0.500. The van der Waals surface area contributed by atoms with Crippen molar-refractivity contribution in [1.82, 2.24) is 10.2 Å². The number of carbonyl (C=O) groups is 1. The molecular formula is C19H31N3O5S. The number of morpholine rings is 1. The van der Waals surface area contributed by atoms with E-state index in [1.807, 2.05) is 6.92 Å². The molecule has 9 heteroatoms. The molecule has 1 aliphatic heterocycles. The van der Waals surface area contributed by atoms with Crippen LogP contribution in [0.4, 0.5) is 5.69 Å². The number of sulfonamides is 1. The van der Waals surface area contributed by atoms with Crippen molar-refractivity contribution >= 4 is 21.6 Å². The molecule has 1 amide bonds. The number of hydrogen-bond acceptors (Lipinski definition) is 6. The van der Waals surface area contributed by atoms with Gasteiger partial charge in [0.2, 0.25) is 15.9 Å². The Labute approximate surface area is 167 Å². The summed E-state index contributed by atoms with van der Waals surface area (Å²) in [6.07, 6.45) is 1.86. The maximum Gasteiger partial charge on any atom is 0.232 e. The fourth-order valence-corrected chi connectivity index (χ4v) is 4.02. The van der Waals surface area contributed by atoms with Crippen LogP contribution in [0.5, 0.6) is 5.75 Å². The van der Waals surface area contributed by atoms with Crippen molar-refractivity contribution in [3.05, 3.63) is 24.3 Å². The lowest BCUT2D eigenvalue weighted by Crippen LogP contribution is -2.41. The lowest BCUT2D eigenvalue weighted by atomic mass is 10.2. The number of carbonyl (C=O) groups excluding carboxylic acids is 1. The summed E-state index contributed by atoms with van der Waals surface area (Å²) >= 11 is 0. The third-order valence-corrected chi connectivity index (χ3v) is 5.63. The number of anilines is 1. The molecule has 0 aromatic heterocycles. The Morgan fingerprint density at radius 1 is 1.29 bits per heavy atom. The largest absolute Gasteiger partial charge is 0.492 e. The summed E-state index contributed by atoms with van der Waals surface area (Å²) in [4.78, 5) is 14.3. The highest BCUT2D eigenvalue weighted by Gasteiger charge is 2.21. The van der Waals surface area contributed by atoms with Gasteiger partial charge in [-0.15, -0.1) is 0 Å². The second-order valence-corrected chi connectivity index (χ2v) is 8.55. The van der Waals surface area contributed by atoms with Gasteiger partial charge >= 0.3 is 0 Å². The van der Waals surface area contributed by atoms with Crippen molar-refractivity contribution in [1.29, 1.82) is 0 Å². The Morgan fingerprint density at radius 2 is 2.00 bits per heavy atom. The number of ether oxygens (including phenoxy) is 2. The molecule has 0 spiro atoms. The Kier molecular flexibility index (Phi) is 9.01. The second-order valence-electron chi connectivity index (χ2n) is 6.64. The van der Waals surface area contributed by atoms with Crippen LogP contribution >= 0.6 is 0 Å². The molecule has 1 aliphatic rings. The van der Waals surface area contributed by atoms with E-state index in [9.17, 15) is 13.2 Å². The van der Waals surface area contributed by atoms with Gasteiger partial charge in [0.1, 0.15) is 5.75 Å². The molecular weight excluding hydrogens is 382 g/mol. The summed E-state index contributed by atoms with van der Waals surface area (Å²) < 4.78 is 36.7. The SMILES string of the molecule is CCOc1ccccc1N(CCCC(=O)NCCN1CCOCC1)S(C)(=O)=O. The Bertz CT molecular complexity index is 720. The lowest BCUT2D eigenvalue weighted by molar-refractivity contribution is -0.121.